The van der Waals surface area contributed by atoms with Crippen molar-refractivity contribution in [1.82, 2.24) is 0 Å². The fourth-order valence-corrected chi connectivity index (χ4v) is 1.52. The molecule has 0 saturated heterocycles. The van der Waals surface area contributed by atoms with Crippen molar-refractivity contribution in [3.63, 3.8) is 0 Å². The summed E-state index contributed by atoms with van der Waals surface area (Å²) in [5.41, 5.74) is 0.749. The zero-order chi connectivity index (χ0) is 14.3. The molecule has 4 heteroatoms. The van der Waals surface area contributed by atoms with Crippen molar-refractivity contribution in [2.45, 2.75) is 26.7 Å². The molecule has 0 saturated carbocycles. The van der Waals surface area contributed by atoms with Crippen LogP contribution in [0.4, 0.5) is 4.39 Å². The van der Waals surface area contributed by atoms with Gasteiger partial charge in [0.25, 0.3) is 0 Å². The van der Waals surface area contributed by atoms with Gasteiger partial charge in [0.1, 0.15) is 5.82 Å². The summed E-state index contributed by atoms with van der Waals surface area (Å²) in [6.07, 6.45) is 4.35. The smallest absolute Gasteiger partial charge is 0.330 e. The van der Waals surface area contributed by atoms with Crippen LogP contribution < -0.4 is 0 Å². The van der Waals surface area contributed by atoms with Crippen molar-refractivity contribution in [1.29, 1.82) is 0 Å². The van der Waals surface area contributed by atoms with Crippen LogP contribution in [0.25, 0.3) is 6.08 Å². The number of halogens is 1. The number of rotatable bonds is 6. The second kappa shape index (κ2) is 7.46. The van der Waals surface area contributed by atoms with E-state index < -0.39 is 11.8 Å². The van der Waals surface area contributed by atoms with Crippen molar-refractivity contribution in [3.05, 3.63) is 41.2 Å². The topological polar surface area (TPSA) is 43.4 Å². The molecule has 0 amide bonds. The highest BCUT2D eigenvalue weighted by Gasteiger charge is 2.06. The Labute approximate surface area is 112 Å². The monoisotopic (exact) mass is 264 g/mol. The van der Waals surface area contributed by atoms with Gasteiger partial charge >= 0.3 is 5.97 Å². The van der Waals surface area contributed by atoms with Crippen LogP contribution in [0, 0.1) is 5.82 Å². The SMILES string of the molecule is CCCCOC(=O)/C=C/c1cc(F)ccc1C(C)=O. The van der Waals surface area contributed by atoms with Crippen LogP contribution in [0.2, 0.25) is 0 Å². The van der Waals surface area contributed by atoms with Gasteiger partial charge in [-0.2, -0.15) is 0 Å². The lowest BCUT2D eigenvalue weighted by atomic mass is 10.0. The summed E-state index contributed by atoms with van der Waals surface area (Å²) < 4.78 is 18.1. The average molecular weight is 264 g/mol. The lowest BCUT2D eigenvalue weighted by Gasteiger charge is -2.03. The molecule has 0 spiro atoms. The number of Topliss-reactive ketones (excluding diaryl/α,β-unsaturated/α-hetero) is 1. The Morgan fingerprint density at radius 3 is 2.74 bits per heavy atom. The molecule has 0 fully saturated rings. The van der Waals surface area contributed by atoms with Gasteiger partial charge < -0.3 is 4.74 Å². The molecule has 102 valence electrons. The predicted octanol–water partition coefficient (Wildman–Crippen LogP) is 3.38. The minimum atomic E-state index is -0.493. The molecule has 0 bridgehead atoms. The first-order valence-corrected chi connectivity index (χ1v) is 6.20. The maximum absolute atomic E-state index is 13.1. The number of carbonyl (C=O) groups excluding carboxylic acids is 2. The first-order valence-electron chi connectivity index (χ1n) is 6.20. The summed E-state index contributed by atoms with van der Waals surface area (Å²) in [4.78, 5) is 22.7. The zero-order valence-corrected chi connectivity index (χ0v) is 11.1. The Hall–Kier alpha value is -1.97. The van der Waals surface area contributed by atoms with Crippen LogP contribution in [0.1, 0.15) is 42.6 Å². The van der Waals surface area contributed by atoms with Crippen LogP contribution in [0.3, 0.4) is 0 Å². The van der Waals surface area contributed by atoms with Gasteiger partial charge in [0, 0.05) is 11.6 Å². The maximum Gasteiger partial charge on any atom is 0.330 e. The number of ether oxygens (including phenoxy) is 1. The Morgan fingerprint density at radius 2 is 2.11 bits per heavy atom. The Morgan fingerprint density at radius 1 is 1.37 bits per heavy atom. The molecule has 0 aliphatic heterocycles. The molecular formula is C15H17FO3. The van der Waals surface area contributed by atoms with Gasteiger partial charge in [0.05, 0.1) is 6.61 Å². The van der Waals surface area contributed by atoms with Gasteiger partial charge in [-0.15, -0.1) is 0 Å². The number of benzene rings is 1. The number of esters is 1. The summed E-state index contributed by atoms with van der Waals surface area (Å²) in [7, 11) is 0. The Balaban J connectivity index is 2.77. The first-order chi connectivity index (χ1) is 9.04. The number of hydrogen-bond donors (Lipinski definition) is 0. The van der Waals surface area contributed by atoms with Crippen molar-refractivity contribution in [2.75, 3.05) is 6.61 Å². The van der Waals surface area contributed by atoms with E-state index >= 15 is 0 Å². The average Bonchev–Trinajstić information content (AvgIpc) is 2.36. The van der Waals surface area contributed by atoms with E-state index in [1.165, 1.54) is 37.3 Å². The summed E-state index contributed by atoms with van der Waals surface area (Å²) in [5.74, 6) is -1.13. The minimum Gasteiger partial charge on any atom is -0.463 e. The maximum atomic E-state index is 13.1. The van der Waals surface area contributed by atoms with Gasteiger partial charge in [-0.3, -0.25) is 4.79 Å². The molecule has 0 unspecified atom stereocenters. The Bertz CT molecular complexity index is 492. The third kappa shape index (κ3) is 5.04. The molecule has 1 aromatic carbocycles. The fraction of sp³-hybridized carbons (Fsp3) is 0.333. The van der Waals surface area contributed by atoms with Crippen molar-refractivity contribution in [3.8, 4) is 0 Å². The quantitative estimate of drug-likeness (QED) is 0.342. The number of hydrogen-bond acceptors (Lipinski definition) is 3. The highest BCUT2D eigenvalue weighted by molar-refractivity contribution is 5.99. The minimum absolute atomic E-state index is 0.181. The molecule has 0 heterocycles. The molecule has 0 aliphatic carbocycles. The lowest BCUT2D eigenvalue weighted by Crippen LogP contribution is -2.02. The van der Waals surface area contributed by atoms with Gasteiger partial charge in [0.2, 0.25) is 0 Å². The number of unbranched alkanes of at least 4 members (excludes halogenated alkanes) is 1. The molecule has 0 aromatic heterocycles. The van der Waals surface area contributed by atoms with E-state index in [1.807, 2.05) is 6.92 Å². The highest BCUT2D eigenvalue weighted by atomic mass is 19.1. The second-order valence-electron chi connectivity index (χ2n) is 4.14. The molecule has 3 nitrogen and oxygen atoms in total. The summed E-state index contributed by atoms with van der Waals surface area (Å²) in [5, 5.41) is 0. The number of carbonyl (C=O) groups is 2. The standard InChI is InChI=1S/C15H17FO3/c1-3-4-9-19-15(18)8-5-12-10-13(16)6-7-14(12)11(2)17/h5-8,10H,3-4,9H2,1-2H3/b8-5+. The van der Waals surface area contributed by atoms with E-state index in [9.17, 15) is 14.0 Å². The van der Waals surface area contributed by atoms with E-state index in [0.29, 0.717) is 17.7 Å². The summed E-state index contributed by atoms with van der Waals surface area (Å²) in [6, 6.07) is 3.83. The first kappa shape index (κ1) is 15.1. The predicted molar refractivity (Wildman–Crippen MR) is 71.3 cm³/mol. The van der Waals surface area contributed by atoms with Gasteiger partial charge in [0.15, 0.2) is 5.78 Å². The summed E-state index contributed by atoms with van der Waals surface area (Å²) >= 11 is 0. The third-order valence-corrected chi connectivity index (χ3v) is 2.53. The molecule has 1 aromatic rings. The molecule has 0 aliphatic rings. The lowest BCUT2D eigenvalue weighted by molar-refractivity contribution is -0.137. The van der Waals surface area contributed by atoms with E-state index in [4.69, 9.17) is 4.74 Å². The number of ketones is 1. The zero-order valence-electron chi connectivity index (χ0n) is 11.1. The van der Waals surface area contributed by atoms with E-state index in [-0.39, 0.29) is 5.78 Å². The highest BCUT2D eigenvalue weighted by Crippen LogP contribution is 2.14. The second-order valence-corrected chi connectivity index (χ2v) is 4.14. The van der Waals surface area contributed by atoms with Crippen molar-refractivity contribution < 1.29 is 18.7 Å². The fourth-order valence-electron chi connectivity index (χ4n) is 1.52. The summed E-state index contributed by atoms with van der Waals surface area (Å²) in [6.45, 7) is 3.75. The van der Waals surface area contributed by atoms with E-state index in [0.717, 1.165) is 12.8 Å². The largest absolute Gasteiger partial charge is 0.463 e. The molecule has 0 radical (unpaired) electrons. The normalized spacial score (nSPS) is 10.7. The van der Waals surface area contributed by atoms with Crippen LogP contribution in [-0.2, 0) is 9.53 Å². The van der Waals surface area contributed by atoms with Crippen LogP contribution in [-0.4, -0.2) is 18.4 Å². The Kier molecular flexibility index (Phi) is 5.93. The van der Waals surface area contributed by atoms with Gasteiger partial charge in [-0.1, -0.05) is 13.3 Å². The van der Waals surface area contributed by atoms with Crippen LogP contribution in [0.5, 0.6) is 0 Å². The molecular weight excluding hydrogens is 247 g/mol. The van der Waals surface area contributed by atoms with Gasteiger partial charge in [-0.05, 0) is 43.2 Å². The van der Waals surface area contributed by atoms with Gasteiger partial charge in [-0.25, -0.2) is 9.18 Å². The molecule has 1 rings (SSSR count). The van der Waals surface area contributed by atoms with Crippen LogP contribution >= 0.6 is 0 Å². The van der Waals surface area contributed by atoms with Crippen molar-refractivity contribution >= 4 is 17.8 Å². The molecule has 0 N–H and O–H groups in total. The molecule has 19 heavy (non-hydrogen) atoms. The van der Waals surface area contributed by atoms with E-state index in [1.54, 1.807) is 0 Å². The van der Waals surface area contributed by atoms with Crippen LogP contribution in [0.15, 0.2) is 24.3 Å². The van der Waals surface area contributed by atoms with E-state index in [2.05, 4.69) is 0 Å². The molecule has 0 atom stereocenters. The third-order valence-electron chi connectivity index (χ3n) is 2.53. The van der Waals surface area contributed by atoms with Crippen molar-refractivity contribution in [2.24, 2.45) is 0 Å².